The lowest BCUT2D eigenvalue weighted by molar-refractivity contribution is 0.295. The highest BCUT2D eigenvalue weighted by molar-refractivity contribution is 7.80. The van der Waals surface area contributed by atoms with Crippen LogP contribution in [0.1, 0.15) is 0 Å². The summed E-state index contributed by atoms with van der Waals surface area (Å²) in [6.07, 6.45) is 0. The van der Waals surface area contributed by atoms with Crippen LogP contribution in [0.4, 0.5) is 0 Å². The molecule has 7 heavy (non-hydrogen) atoms. The molecule has 0 atom stereocenters. The Hall–Kier alpha value is -0.130. The standard InChI is InChI=1S/C2H5O4S/c1-2-6-7(3,4)5/h1-2H2,(H,3,4,5). The van der Waals surface area contributed by atoms with E-state index in [4.69, 9.17) is 4.55 Å². The van der Waals surface area contributed by atoms with E-state index < -0.39 is 10.4 Å². The molecule has 0 fully saturated rings. The van der Waals surface area contributed by atoms with Crippen molar-refractivity contribution in [2.75, 3.05) is 6.61 Å². The number of hydrogen-bond donors (Lipinski definition) is 1. The molecule has 0 saturated carbocycles. The van der Waals surface area contributed by atoms with Crippen molar-refractivity contribution in [1.82, 2.24) is 0 Å². The lowest BCUT2D eigenvalue weighted by Gasteiger charge is -1.88. The summed E-state index contributed by atoms with van der Waals surface area (Å²) >= 11 is 0. The molecule has 0 rings (SSSR count). The van der Waals surface area contributed by atoms with Crippen LogP contribution in [0.2, 0.25) is 0 Å². The van der Waals surface area contributed by atoms with E-state index in [1.807, 2.05) is 0 Å². The summed E-state index contributed by atoms with van der Waals surface area (Å²) in [7, 11) is -4.24. The van der Waals surface area contributed by atoms with E-state index >= 15 is 0 Å². The van der Waals surface area contributed by atoms with Crippen LogP contribution in [0.3, 0.4) is 0 Å². The van der Waals surface area contributed by atoms with E-state index in [0.29, 0.717) is 0 Å². The zero-order chi connectivity index (χ0) is 5.91. The molecule has 0 bridgehead atoms. The lowest BCUT2D eigenvalue weighted by atomic mass is 10.9. The molecule has 0 aliphatic heterocycles. The van der Waals surface area contributed by atoms with E-state index in [2.05, 4.69) is 11.1 Å². The minimum Gasteiger partial charge on any atom is -0.264 e. The van der Waals surface area contributed by atoms with Crippen molar-refractivity contribution in [3.05, 3.63) is 6.92 Å². The summed E-state index contributed by atoms with van der Waals surface area (Å²) in [5.41, 5.74) is 0. The van der Waals surface area contributed by atoms with Crippen molar-refractivity contribution in [3.63, 3.8) is 0 Å². The monoisotopic (exact) mass is 125 g/mol. The lowest BCUT2D eigenvalue weighted by Crippen LogP contribution is -2.01. The van der Waals surface area contributed by atoms with Crippen LogP contribution in [0.15, 0.2) is 0 Å². The SMILES string of the molecule is [CH2]COS(=O)(=O)O. The Morgan fingerprint density at radius 1 is 1.71 bits per heavy atom. The van der Waals surface area contributed by atoms with Gasteiger partial charge in [-0.15, -0.1) is 0 Å². The summed E-state index contributed by atoms with van der Waals surface area (Å²) in [6, 6.07) is 0. The normalized spacial score (nSPS) is 11.7. The summed E-state index contributed by atoms with van der Waals surface area (Å²) in [5.74, 6) is 0. The Morgan fingerprint density at radius 3 is 2.14 bits per heavy atom. The largest absolute Gasteiger partial charge is 0.397 e. The Balaban J connectivity index is 3.60. The van der Waals surface area contributed by atoms with Gasteiger partial charge in [-0.1, -0.05) is 0 Å². The zero-order valence-electron chi connectivity index (χ0n) is 3.49. The van der Waals surface area contributed by atoms with Crippen molar-refractivity contribution < 1.29 is 17.2 Å². The maximum atomic E-state index is 9.52. The average molecular weight is 125 g/mol. The second-order valence-electron chi connectivity index (χ2n) is 0.750. The number of rotatable bonds is 2. The third-order valence-corrected chi connectivity index (χ3v) is 0.697. The van der Waals surface area contributed by atoms with Gasteiger partial charge >= 0.3 is 10.4 Å². The van der Waals surface area contributed by atoms with E-state index in [1.165, 1.54) is 0 Å². The van der Waals surface area contributed by atoms with Crippen LogP contribution in [0, 0.1) is 6.92 Å². The maximum absolute atomic E-state index is 9.52. The molecule has 1 radical (unpaired) electrons. The van der Waals surface area contributed by atoms with Crippen LogP contribution in [-0.2, 0) is 14.6 Å². The fourth-order valence-corrected chi connectivity index (χ4v) is 0.316. The molecule has 0 heterocycles. The summed E-state index contributed by atoms with van der Waals surface area (Å²) < 4.78 is 30.4. The summed E-state index contributed by atoms with van der Waals surface area (Å²) in [6.45, 7) is 2.73. The van der Waals surface area contributed by atoms with Crippen LogP contribution in [0.25, 0.3) is 0 Å². The minimum atomic E-state index is -4.24. The Bertz CT molecular complexity index is 123. The van der Waals surface area contributed by atoms with E-state index in [9.17, 15) is 8.42 Å². The fraction of sp³-hybridized carbons (Fsp3) is 0.500. The topological polar surface area (TPSA) is 63.6 Å². The van der Waals surface area contributed by atoms with E-state index in [0.717, 1.165) is 0 Å². The number of hydrogen-bond acceptors (Lipinski definition) is 3. The Kier molecular flexibility index (Phi) is 2.21. The second kappa shape index (κ2) is 2.25. The molecule has 5 heteroatoms. The minimum absolute atomic E-state index is 0.279. The van der Waals surface area contributed by atoms with Gasteiger partial charge in [-0.3, -0.25) is 4.55 Å². The van der Waals surface area contributed by atoms with Crippen molar-refractivity contribution in [2.24, 2.45) is 0 Å². The molecular formula is C2H5O4S. The van der Waals surface area contributed by atoms with Crippen molar-refractivity contribution >= 4 is 10.4 Å². The molecule has 43 valence electrons. The van der Waals surface area contributed by atoms with Crippen LogP contribution < -0.4 is 0 Å². The smallest absolute Gasteiger partial charge is 0.264 e. The third-order valence-electron chi connectivity index (χ3n) is 0.232. The van der Waals surface area contributed by atoms with Gasteiger partial charge in [0, 0.05) is 0 Å². The average Bonchev–Trinajstić information content (AvgIpc) is 1.30. The zero-order valence-corrected chi connectivity index (χ0v) is 4.31. The van der Waals surface area contributed by atoms with Crippen LogP contribution >= 0.6 is 0 Å². The highest BCUT2D eigenvalue weighted by atomic mass is 32.3. The summed E-state index contributed by atoms with van der Waals surface area (Å²) in [4.78, 5) is 0. The second-order valence-corrected chi connectivity index (χ2v) is 1.84. The predicted octanol–water partition coefficient (Wildman–Crippen LogP) is -0.360. The Labute approximate surface area is 42.1 Å². The molecule has 0 aliphatic rings. The van der Waals surface area contributed by atoms with Crippen LogP contribution in [0.5, 0.6) is 0 Å². The molecule has 0 spiro atoms. The van der Waals surface area contributed by atoms with Gasteiger partial charge < -0.3 is 0 Å². The van der Waals surface area contributed by atoms with Gasteiger partial charge in [0.1, 0.15) is 0 Å². The van der Waals surface area contributed by atoms with Gasteiger partial charge in [-0.2, -0.15) is 8.42 Å². The van der Waals surface area contributed by atoms with Crippen molar-refractivity contribution in [2.45, 2.75) is 0 Å². The van der Waals surface area contributed by atoms with Gasteiger partial charge in [0.2, 0.25) is 0 Å². The van der Waals surface area contributed by atoms with Gasteiger partial charge in [-0.05, 0) is 6.92 Å². The van der Waals surface area contributed by atoms with E-state index in [-0.39, 0.29) is 6.61 Å². The quantitative estimate of drug-likeness (QED) is 0.512. The third kappa shape index (κ3) is 5.87. The molecular weight excluding hydrogens is 120 g/mol. The Morgan fingerprint density at radius 2 is 2.14 bits per heavy atom. The molecule has 1 N–H and O–H groups in total. The molecule has 0 aliphatic carbocycles. The molecule has 4 nitrogen and oxygen atoms in total. The highest BCUT2D eigenvalue weighted by Crippen LogP contribution is 1.80. The van der Waals surface area contributed by atoms with Gasteiger partial charge in [-0.25, -0.2) is 4.18 Å². The highest BCUT2D eigenvalue weighted by Gasteiger charge is 1.98. The first-order valence-electron chi connectivity index (χ1n) is 1.47. The molecule has 0 aromatic carbocycles. The molecule has 0 unspecified atom stereocenters. The first-order chi connectivity index (χ1) is 3.06. The summed E-state index contributed by atoms with van der Waals surface area (Å²) in [5, 5.41) is 0. The van der Waals surface area contributed by atoms with Gasteiger partial charge in [0.25, 0.3) is 0 Å². The van der Waals surface area contributed by atoms with Gasteiger partial charge in [0.05, 0.1) is 6.61 Å². The fourth-order valence-electron chi connectivity index (χ4n) is 0.105. The van der Waals surface area contributed by atoms with Crippen molar-refractivity contribution in [3.8, 4) is 0 Å². The maximum Gasteiger partial charge on any atom is 0.397 e. The molecule has 0 saturated heterocycles. The first-order valence-corrected chi connectivity index (χ1v) is 2.84. The molecule has 0 aromatic heterocycles. The molecule has 0 amide bonds. The van der Waals surface area contributed by atoms with Gasteiger partial charge in [0.15, 0.2) is 0 Å². The van der Waals surface area contributed by atoms with E-state index in [1.54, 1.807) is 0 Å². The predicted molar refractivity (Wildman–Crippen MR) is 22.9 cm³/mol. The van der Waals surface area contributed by atoms with Crippen molar-refractivity contribution in [1.29, 1.82) is 0 Å². The molecule has 0 aromatic rings. The van der Waals surface area contributed by atoms with Crippen LogP contribution in [-0.4, -0.2) is 19.6 Å². The first kappa shape index (κ1) is 6.87.